The average molecular weight is 292 g/mol. The van der Waals surface area contributed by atoms with Gasteiger partial charge in [0.15, 0.2) is 0 Å². The van der Waals surface area contributed by atoms with Crippen LogP contribution < -0.4 is 4.74 Å². The van der Waals surface area contributed by atoms with Gasteiger partial charge < -0.3 is 14.6 Å². The molecule has 0 bridgehead atoms. The van der Waals surface area contributed by atoms with Crippen molar-refractivity contribution in [3.63, 3.8) is 0 Å². The van der Waals surface area contributed by atoms with E-state index >= 15 is 0 Å². The fourth-order valence-electron chi connectivity index (χ4n) is 1.57. The molecule has 1 aromatic rings. The molecule has 0 spiro atoms. The molecule has 0 saturated heterocycles. The van der Waals surface area contributed by atoms with E-state index in [9.17, 15) is 9.90 Å². The lowest BCUT2D eigenvalue weighted by Crippen LogP contribution is -2.32. The molecule has 21 heavy (non-hydrogen) atoms. The van der Waals surface area contributed by atoms with Crippen LogP contribution in [-0.2, 0) is 15.1 Å². The highest BCUT2D eigenvalue weighted by molar-refractivity contribution is 5.88. The lowest BCUT2D eigenvalue weighted by molar-refractivity contribution is -0.130. The second kappa shape index (κ2) is 6.41. The number of carbonyl (C=O) groups excluding carboxylic acids is 1. The Hall–Kier alpha value is -1.65. The molecular weight excluding hydrogens is 268 g/mol. The van der Waals surface area contributed by atoms with Gasteiger partial charge in [-0.25, -0.2) is 4.79 Å². The molecule has 0 saturated carbocycles. The molecule has 1 N–H and O–H groups in total. The van der Waals surface area contributed by atoms with Crippen LogP contribution in [-0.4, -0.2) is 23.3 Å². The summed E-state index contributed by atoms with van der Waals surface area (Å²) >= 11 is 0. The molecule has 0 radical (unpaired) electrons. The van der Waals surface area contributed by atoms with E-state index in [-0.39, 0.29) is 6.61 Å². The molecular formula is C17H24O4. The highest BCUT2D eigenvalue weighted by Gasteiger charge is 2.25. The lowest BCUT2D eigenvalue weighted by Gasteiger charge is -2.30. The summed E-state index contributed by atoms with van der Waals surface area (Å²) in [6.07, 6.45) is 0. The molecule has 116 valence electrons. The Balaban J connectivity index is 2.88. The van der Waals surface area contributed by atoms with Gasteiger partial charge in [0.2, 0.25) is 0 Å². The van der Waals surface area contributed by atoms with Crippen molar-refractivity contribution in [3.05, 3.63) is 42.0 Å². The van der Waals surface area contributed by atoms with Crippen LogP contribution in [0, 0.1) is 0 Å². The Kier molecular flexibility index (Phi) is 5.31. The zero-order valence-electron chi connectivity index (χ0n) is 13.4. The van der Waals surface area contributed by atoms with Gasteiger partial charge in [0.25, 0.3) is 0 Å². The van der Waals surface area contributed by atoms with E-state index in [0.717, 1.165) is 5.56 Å². The molecule has 0 aliphatic heterocycles. The molecule has 1 aromatic carbocycles. The number of ether oxygens (including phenoxy) is 2. The standard InChI is InChI=1S/C17H24O4/c1-12(2)15(18)21-14-9-7-8-13(10-14)17(5,6)20-11-16(3,4)19/h7-10,19H,1,11H2,2-6H3. The van der Waals surface area contributed by atoms with Crippen molar-refractivity contribution >= 4 is 5.97 Å². The van der Waals surface area contributed by atoms with E-state index in [0.29, 0.717) is 11.3 Å². The van der Waals surface area contributed by atoms with Crippen LogP contribution in [0.5, 0.6) is 5.75 Å². The van der Waals surface area contributed by atoms with Crippen molar-refractivity contribution in [3.8, 4) is 5.75 Å². The normalized spacial score (nSPS) is 12.1. The zero-order chi connectivity index (χ0) is 16.3. The van der Waals surface area contributed by atoms with Gasteiger partial charge in [0.05, 0.1) is 17.8 Å². The Bertz CT molecular complexity index is 524. The van der Waals surface area contributed by atoms with Crippen LogP contribution in [0.25, 0.3) is 0 Å². The lowest BCUT2D eigenvalue weighted by atomic mass is 9.97. The maximum Gasteiger partial charge on any atom is 0.338 e. The number of hydrogen-bond donors (Lipinski definition) is 1. The second-order valence-electron chi connectivity index (χ2n) is 6.31. The summed E-state index contributed by atoms with van der Waals surface area (Å²) in [4.78, 5) is 11.5. The number of hydrogen-bond acceptors (Lipinski definition) is 4. The maximum absolute atomic E-state index is 11.5. The molecule has 0 amide bonds. The Labute approximate surface area is 126 Å². The first-order valence-electron chi connectivity index (χ1n) is 6.86. The van der Waals surface area contributed by atoms with Gasteiger partial charge in [0.1, 0.15) is 5.75 Å². The molecule has 0 aliphatic carbocycles. The number of rotatable bonds is 6. The summed E-state index contributed by atoms with van der Waals surface area (Å²) < 4.78 is 11.0. The number of aliphatic hydroxyl groups is 1. The van der Waals surface area contributed by atoms with Crippen molar-refractivity contribution in [2.75, 3.05) is 6.61 Å². The fraction of sp³-hybridized carbons (Fsp3) is 0.471. The first-order chi connectivity index (χ1) is 9.51. The molecule has 4 nitrogen and oxygen atoms in total. The van der Waals surface area contributed by atoms with E-state index in [1.54, 1.807) is 39.0 Å². The SMILES string of the molecule is C=C(C)C(=O)Oc1cccc(C(C)(C)OCC(C)(C)O)c1. The smallest absolute Gasteiger partial charge is 0.338 e. The van der Waals surface area contributed by atoms with Gasteiger partial charge in [-0.1, -0.05) is 18.7 Å². The van der Waals surface area contributed by atoms with E-state index in [4.69, 9.17) is 9.47 Å². The Morgan fingerprint density at radius 1 is 1.29 bits per heavy atom. The number of carbonyl (C=O) groups is 1. The van der Waals surface area contributed by atoms with Crippen LogP contribution >= 0.6 is 0 Å². The van der Waals surface area contributed by atoms with Gasteiger partial charge in [-0.15, -0.1) is 0 Å². The number of esters is 1. The quantitative estimate of drug-likeness (QED) is 0.497. The molecule has 1 rings (SSSR count). The summed E-state index contributed by atoms with van der Waals surface area (Å²) in [5, 5.41) is 9.76. The van der Waals surface area contributed by atoms with Crippen molar-refractivity contribution in [2.24, 2.45) is 0 Å². The summed E-state index contributed by atoms with van der Waals surface area (Å²) in [7, 11) is 0. The summed E-state index contributed by atoms with van der Waals surface area (Å²) in [6.45, 7) is 12.5. The van der Waals surface area contributed by atoms with Crippen LogP contribution in [0.4, 0.5) is 0 Å². The van der Waals surface area contributed by atoms with Crippen LogP contribution in [0.15, 0.2) is 36.4 Å². The zero-order valence-corrected chi connectivity index (χ0v) is 13.4. The predicted molar refractivity (Wildman–Crippen MR) is 82.2 cm³/mol. The monoisotopic (exact) mass is 292 g/mol. The van der Waals surface area contributed by atoms with Gasteiger partial charge >= 0.3 is 5.97 Å². The molecule has 4 heteroatoms. The first kappa shape index (κ1) is 17.4. The van der Waals surface area contributed by atoms with Crippen molar-refractivity contribution in [1.82, 2.24) is 0 Å². The molecule has 0 heterocycles. The van der Waals surface area contributed by atoms with Gasteiger partial charge in [-0.05, 0) is 52.3 Å². The van der Waals surface area contributed by atoms with E-state index in [1.165, 1.54) is 0 Å². The highest BCUT2D eigenvalue weighted by atomic mass is 16.5. The first-order valence-corrected chi connectivity index (χ1v) is 6.86. The highest BCUT2D eigenvalue weighted by Crippen LogP contribution is 2.28. The van der Waals surface area contributed by atoms with Crippen LogP contribution in [0.1, 0.15) is 40.2 Å². The van der Waals surface area contributed by atoms with Gasteiger partial charge in [-0.2, -0.15) is 0 Å². The van der Waals surface area contributed by atoms with Crippen molar-refractivity contribution < 1.29 is 19.4 Å². The van der Waals surface area contributed by atoms with E-state index in [2.05, 4.69) is 6.58 Å². The third-order valence-corrected chi connectivity index (χ3v) is 2.87. The minimum absolute atomic E-state index is 0.204. The van der Waals surface area contributed by atoms with Gasteiger partial charge in [0, 0.05) is 5.57 Å². The molecule has 0 atom stereocenters. The minimum Gasteiger partial charge on any atom is -0.423 e. The third kappa shape index (κ3) is 5.69. The fourth-order valence-corrected chi connectivity index (χ4v) is 1.57. The van der Waals surface area contributed by atoms with Gasteiger partial charge in [-0.3, -0.25) is 0 Å². The number of benzene rings is 1. The molecule has 0 aromatic heterocycles. The second-order valence-corrected chi connectivity index (χ2v) is 6.31. The molecule has 0 unspecified atom stereocenters. The molecule has 0 fully saturated rings. The molecule has 0 aliphatic rings. The van der Waals surface area contributed by atoms with Crippen LogP contribution in [0.2, 0.25) is 0 Å². The van der Waals surface area contributed by atoms with Crippen molar-refractivity contribution in [2.45, 2.75) is 45.8 Å². The Morgan fingerprint density at radius 2 is 1.90 bits per heavy atom. The largest absolute Gasteiger partial charge is 0.423 e. The Morgan fingerprint density at radius 3 is 2.43 bits per heavy atom. The maximum atomic E-state index is 11.5. The third-order valence-electron chi connectivity index (χ3n) is 2.87. The van der Waals surface area contributed by atoms with E-state index < -0.39 is 17.2 Å². The van der Waals surface area contributed by atoms with Crippen LogP contribution in [0.3, 0.4) is 0 Å². The topological polar surface area (TPSA) is 55.8 Å². The average Bonchev–Trinajstić information content (AvgIpc) is 2.36. The summed E-state index contributed by atoms with van der Waals surface area (Å²) in [6, 6.07) is 7.15. The summed E-state index contributed by atoms with van der Waals surface area (Å²) in [5.41, 5.74) is -0.302. The van der Waals surface area contributed by atoms with Crippen molar-refractivity contribution in [1.29, 1.82) is 0 Å². The van der Waals surface area contributed by atoms with E-state index in [1.807, 2.05) is 19.9 Å². The summed E-state index contributed by atoms with van der Waals surface area (Å²) in [5.74, 6) is -0.0113. The minimum atomic E-state index is -0.901. The predicted octanol–water partition coefficient (Wildman–Crippen LogP) is 3.19.